The summed E-state index contributed by atoms with van der Waals surface area (Å²) in [6, 6.07) is 4.00. The molecule has 0 radical (unpaired) electrons. The molecule has 0 saturated heterocycles. The van der Waals surface area contributed by atoms with Gasteiger partial charge in [0.25, 0.3) is 0 Å². The highest BCUT2D eigenvalue weighted by Crippen LogP contribution is 2.33. The van der Waals surface area contributed by atoms with Crippen LogP contribution >= 0.6 is 22.9 Å². The minimum atomic E-state index is 0.781. The molecule has 3 heterocycles. The van der Waals surface area contributed by atoms with Gasteiger partial charge in [-0.05, 0) is 30.9 Å². The van der Waals surface area contributed by atoms with Gasteiger partial charge in [-0.3, -0.25) is 0 Å². The number of imidazole rings is 1. The molecule has 3 rings (SSSR count). The number of halogens is 1. The first-order valence-electron chi connectivity index (χ1n) is 5.54. The van der Waals surface area contributed by atoms with Crippen LogP contribution in [0.2, 0.25) is 4.34 Å². The van der Waals surface area contributed by atoms with Crippen molar-refractivity contribution >= 4 is 22.9 Å². The molecule has 0 spiro atoms. The summed E-state index contributed by atoms with van der Waals surface area (Å²) in [5.74, 6) is 1.86. The summed E-state index contributed by atoms with van der Waals surface area (Å²) in [7, 11) is 0. The van der Waals surface area contributed by atoms with Crippen LogP contribution < -0.4 is 0 Å². The Kier molecular flexibility index (Phi) is 2.52. The normalized spacial score (nSPS) is 19.8. The van der Waals surface area contributed by atoms with E-state index >= 15 is 0 Å². The third-order valence-electron chi connectivity index (χ3n) is 3.13. The van der Waals surface area contributed by atoms with E-state index in [0.717, 1.165) is 29.0 Å². The quantitative estimate of drug-likeness (QED) is 0.754. The molecule has 0 saturated carbocycles. The van der Waals surface area contributed by atoms with Gasteiger partial charge < -0.3 is 4.57 Å². The number of nitrogens with zero attached hydrogens (tertiary/aromatic N) is 2. The third kappa shape index (κ3) is 1.68. The van der Waals surface area contributed by atoms with Crippen LogP contribution in [0.1, 0.15) is 19.0 Å². The van der Waals surface area contributed by atoms with Crippen LogP contribution in [-0.4, -0.2) is 9.55 Å². The van der Waals surface area contributed by atoms with Gasteiger partial charge in [0.1, 0.15) is 5.82 Å². The van der Waals surface area contributed by atoms with E-state index in [1.807, 2.05) is 12.3 Å². The molecule has 2 aromatic heterocycles. The minimum Gasteiger partial charge on any atom is -0.327 e. The first-order chi connectivity index (χ1) is 7.74. The average Bonchev–Trinajstić information content (AvgIpc) is 2.83. The van der Waals surface area contributed by atoms with Crippen LogP contribution in [0.4, 0.5) is 0 Å². The summed E-state index contributed by atoms with van der Waals surface area (Å²) in [6.45, 7) is 3.39. The lowest BCUT2D eigenvalue weighted by atomic mass is 9.99. The van der Waals surface area contributed by atoms with Gasteiger partial charge in [-0.15, -0.1) is 11.3 Å². The maximum atomic E-state index is 5.97. The Labute approximate surface area is 104 Å². The number of hydrogen-bond acceptors (Lipinski definition) is 2. The van der Waals surface area contributed by atoms with Crippen LogP contribution in [0.5, 0.6) is 0 Å². The van der Waals surface area contributed by atoms with Crippen molar-refractivity contribution in [1.29, 1.82) is 0 Å². The molecule has 0 bridgehead atoms. The molecule has 2 nitrogen and oxygen atoms in total. The van der Waals surface area contributed by atoms with Gasteiger partial charge in [-0.2, -0.15) is 0 Å². The predicted octanol–water partition coefficient (Wildman–Crippen LogP) is 3.85. The smallest absolute Gasteiger partial charge is 0.150 e. The van der Waals surface area contributed by atoms with Crippen molar-refractivity contribution in [3.05, 3.63) is 28.4 Å². The SMILES string of the molecule is CC1CCn2c(cnc2-c2ccc(Cl)s2)C1. The Balaban J connectivity index is 2.03. The number of aromatic nitrogens is 2. The molecule has 1 aliphatic rings. The first kappa shape index (κ1) is 10.4. The van der Waals surface area contributed by atoms with Gasteiger partial charge >= 0.3 is 0 Å². The molecule has 1 unspecified atom stereocenters. The molecule has 0 amide bonds. The molecule has 4 heteroatoms. The number of hydrogen-bond donors (Lipinski definition) is 0. The van der Waals surface area contributed by atoms with Gasteiger partial charge in [0.2, 0.25) is 0 Å². The highest BCUT2D eigenvalue weighted by atomic mass is 35.5. The van der Waals surface area contributed by atoms with E-state index in [0.29, 0.717) is 0 Å². The Hall–Kier alpha value is -0.800. The van der Waals surface area contributed by atoms with Crippen LogP contribution in [0.25, 0.3) is 10.7 Å². The van der Waals surface area contributed by atoms with Crippen molar-refractivity contribution < 1.29 is 0 Å². The van der Waals surface area contributed by atoms with Gasteiger partial charge in [-0.25, -0.2) is 4.98 Å². The lowest BCUT2D eigenvalue weighted by Gasteiger charge is -2.21. The van der Waals surface area contributed by atoms with Gasteiger partial charge in [-0.1, -0.05) is 18.5 Å². The van der Waals surface area contributed by atoms with Crippen molar-refractivity contribution in [3.63, 3.8) is 0 Å². The molecule has 0 N–H and O–H groups in total. The molecule has 16 heavy (non-hydrogen) atoms. The monoisotopic (exact) mass is 252 g/mol. The minimum absolute atomic E-state index is 0.781. The fourth-order valence-electron chi connectivity index (χ4n) is 2.26. The van der Waals surface area contributed by atoms with Gasteiger partial charge in [0, 0.05) is 18.4 Å². The zero-order valence-electron chi connectivity index (χ0n) is 9.11. The standard InChI is InChI=1S/C12H13ClN2S/c1-8-4-5-15-9(6-8)7-14-12(15)10-2-3-11(13)16-10/h2-3,7-8H,4-6H2,1H3. The van der Waals surface area contributed by atoms with Crippen molar-refractivity contribution in [1.82, 2.24) is 9.55 Å². The summed E-state index contributed by atoms with van der Waals surface area (Å²) in [5, 5.41) is 0. The second kappa shape index (κ2) is 3.90. The van der Waals surface area contributed by atoms with E-state index in [-0.39, 0.29) is 0 Å². The molecule has 1 aliphatic heterocycles. The van der Waals surface area contributed by atoms with Crippen LogP contribution in [0.3, 0.4) is 0 Å². The zero-order chi connectivity index (χ0) is 11.1. The summed E-state index contributed by atoms with van der Waals surface area (Å²) >= 11 is 7.57. The van der Waals surface area contributed by atoms with Crippen molar-refractivity contribution in [2.75, 3.05) is 0 Å². The zero-order valence-corrected chi connectivity index (χ0v) is 10.7. The van der Waals surface area contributed by atoms with E-state index in [4.69, 9.17) is 11.6 Å². The average molecular weight is 253 g/mol. The maximum absolute atomic E-state index is 5.97. The summed E-state index contributed by atoms with van der Waals surface area (Å²) in [6.07, 6.45) is 4.40. The fourth-order valence-corrected chi connectivity index (χ4v) is 3.31. The van der Waals surface area contributed by atoms with Crippen LogP contribution in [-0.2, 0) is 13.0 Å². The highest BCUT2D eigenvalue weighted by Gasteiger charge is 2.19. The van der Waals surface area contributed by atoms with Crippen molar-refractivity contribution in [2.24, 2.45) is 5.92 Å². The van der Waals surface area contributed by atoms with E-state index in [1.165, 1.54) is 17.0 Å². The summed E-state index contributed by atoms with van der Waals surface area (Å²) in [5.41, 5.74) is 1.36. The Bertz CT molecular complexity index is 515. The topological polar surface area (TPSA) is 17.8 Å². The molecule has 1 atom stereocenters. The molecular weight excluding hydrogens is 240 g/mol. The van der Waals surface area contributed by atoms with E-state index < -0.39 is 0 Å². The Morgan fingerprint density at radius 2 is 2.38 bits per heavy atom. The van der Waals surface area contributed by atoms with E-state index in [9.17, 15) is 0 Å². The molecule has 2 aromatic rings. The Morgan fingerprint density at radius 3 is 3.12 bits per heavy atom. The second-order valence-corrected chi connectivity index (χ2v) is 6.14. The largest absolute Gasteiger partial charge is 0.327 e. The second-order valence-electron chi connectivity index (χ2n) is 4.43. The van der Waals surface area contributed by atoms with Crippen molar-refractivity contribution in [2.45, 2.75) is 26.3 Å². The van der Waals surface area contributed by atoms with Gasteiger partial charge in [0.05, 0.1) is 9.21 Å². The number of fused-ring (bicyclic) bond motifs is 1. The molecule has 84 valence electrons. The first-order valence-corrected chi connectivity index (χ1v) is 6.73. The molecule has 0 fully saturated rings. The van der Waals surface area contributed by atoms with Crippen molar-refractivity contribution in [3.8, 4) is 10.7 Å². The van der Waals surface area contributed by atoms with E-state index in [1.54, 1.807) is 11.3 Å². The lowest BCUT2D eigenvalue weighted by Crippen LogP contribution is -2.16. The number of rotatable bonds is 1. The summed E-state index contributed by atoms with van der Waals surface area (Å²) in [4.78, 5) is 5.70. The van der Waals surface area contributed by atoms with Crippen LogP contribution in [0.15, 0.2) is 18.3 Å². The van der Waals surface area contributed by atoms with Gasteiger partial charge in [0.15, 0.2) is 0 Å². The third-order valence-corrected chi connectivity index (χ3v) is 4.36. The van der Waals surface area contributed by atoms with Crippen LogP contribution in [0, 0.1) is 5.92 Å². The lowest BCUT2D eigenvalue weighted by molar-refractivity contribution is 0.419. The molecule has 0 aliphatic carbocycles. The number of thiophene rings is 1. The molecule has 0 aromatic carbocycles. The molecular formula is C12H13ClN2S. The van der Waals surface area contributed by atoms with E-state index in [2.05, 4.69) is 22.5 Å². The predicted molar refractivity (Wildman–Crippen MR) is 68.0 cm³/mol. The highest BCUT2D eigenvalue weighted by molar-refractivity contribution is 7.19. The maximum Gasteiger partial charge on any atom is 0.150 e. The Morgan fingerprint density at radius 1 is 1.50 bits per heavy atom. The summed E-state index contributed by atoms with van der Waals surface area (Å²) < 4.78 is 3.17. The fraction of sp³-hybridized carbons (Fsp3) is 0.417.